The van der Waals surface area contributed by atoms with Gasteiger partial charge in [-0.1, -0.05) is 13.8 Å². The van der Waals surface area contributed by atoms with Crippen LogP contribution in [0.15, 0.2) is 5.03 Å². The molecule has 5 nitrogen and oxygen atoms in total. The number of imidazole rings is 1. The summed E-state index contributed by atoms with van der Waals surface area (Å²) in [7, 11) is -3.50. The van der Waals surface area contributed by atoms with E-state index < -0.39 is 10.0 Å². The van der Waals surface area contributed by atoms with Crippen LogP contribution < -0.4 is 4.72 Å². The normalized spacial score (nSPS) is 19.7. The fourth-order valence-corrected chi connectivity index (χ4v) is 4.07. The van der Waals surface area contributed by atoms with E-state index in [9.17, 15) is 8.42 Å². The standard InChI is InChI=1S/C13H23N3O2S/c1-5-12-14-13(19(17,18)15-9(2)3)11-8-10(4)6-7-16(11)12/h9-10,15H,5-8H2,1-4H3. The quantitative estimate of drug-likeness (QED) is 0.916. The highest BCUT2D eigenvalue weighted by molar-refractivity contribution is 7.89. The van der Waals surface area contributed by atoms with Crippen molar-refractivity contribution in [3.05, 3.63) is 11.5 Å². The van der Waals surface area contributed by atoms with Crippen molar-refractivity contribution >= 4 is 10.0 Å². The number of nitrogens with one attached hydrogen (secondary N) is 1. The van der Waals surface area contributed by atoms with Gasteiger partial charge in [0.25, 0.3) is 10.0 Å². The van der Waals surface area contributed by atoms with Crippen LogP contribution in [0.1, 0.15) is 45.6 Å². The van der Waals surface area contributed by atoms with Gasteiger partial charge in [0.05, 0.1) is 5.69 Å². The summed E-state index contributed by atoms with van der Waals surface area (Å²) in [4.78, 5) is 4.38. The summed E-state index contributed by atoms with van der Waals surface area (Å²) in [5.41, 5.74) is 0.878. The molecule has 1 aromatic rings. The molecule has 6 heteroatoms. The summed E-state index contributed by atoms with van der Waals surface area (Å²) >= 11 is 0. The lowest BCUT2D eigenvalue weighted by molar-refractivity contribution is 0.405. The monoisotopic (exact) mass is 285 g/mol. The Kier molecular flexibility index (Phi) is 4.01. The Morgan fingerprint density at radius 3 is 2.74 bits per heavy atom. The molecule has 0 saturated carbocycles. The summed E-state index contributed by atoms with van der Waals surface area (Å²) in [5.74, 6) is 1.40. The predicted octanol–water partition coefficient (Wildman–Crippen LogP) is 1.71. The molecule has 1 aliphatic rings. The molecule has 0 bridgehead atoms. The third-order valence-corrected chi connectivity index (χ3v) is 5.08. The Balaban J connectivity index is 2.49. The zero-order chi connectivity index (χ0) is 14.2. The largest absolute Gasteiger partial charge is 0.331 e. The topological polar surface area (TPSA) is 64.0 Å². The second kappa shape index (κ2) is 5.25. The molecule has 0 radical (unpaired) electrons. The van der Waals surface area contributed by atoms with E-state index in [2.05, 4.69) is 21.2 Å². The van der Waals surface area contributed by atoms with Gasteiger partial charge in [0.15, 0.2) is 5.03 Å². The van der Waals surface area contributed by atoms with E-state index >= 15 is 0 Å². The summed E-state index contributed by atoms with van der Waals surface area (Å²) in [5, 5.41) is 0.240. The first kappa shape index (κ1) is 14.5. The summed E-state index contributed by atoms with van der Waals surface area (Å²) < 4.78 is 29.5. The lowest BCUT2D eigenvalue weighted by atomic mass is 9.98. The first-order valence-corrected chi connectivity index (χ1v) is 8.44. The molecule has 108 valence electrons. The van der Waals surface area contributed by atoms with Gasteiger partial charge in [-0.3, -0.25) is 0 Å². The zero-order valence-electron chi connectivity index (χ0n) is 12.1. The van der Waals surface area contributed by atoms with Crippen molar-refractivity contribution < 1.29 is 8.42 Å². The van der Waals surface area contributed by atoms with Gasteiger partial charge in [0.2, 0.25) is 0 Å². The fourth-order valence-electron chi connectivity index (χ4n) is 2.61. The van der Waals surface area contributed by atoms with Crippen LogP contribution in [0.5, 0.6) is 0 Å². The minimum absolute atomic E-state index is 0.117. The lowest BCUT2D eigenvalue weighted by Gasteiger charge is -2.22. The smallest absolute Gasteiger partial charge is 0.260 e. The average Bonchev–Trinajstić information content (AvgIpc) is 2.65. The minimum atomic E-state index is -3.50. The summed E-state index contributed by atoms with van der Waals surface area (Å²) in [6, 6.07) is -0.117. The summed E-state index contributed by atoms with van der Waals surface area (Å²) in [6.07, 6.45) is 2.65. The van der Waals surface area contributed by atoms with Gasteiger partial charge in [-0.05, 0) is 32.6 Å². The maximum Gasteiger partial charge on any atom is 0.260 e. The number of hydrogen-bond donors (Lipinski definition) is 1. The van der Waals surface area contributed by atoms with E-state index in [1.807, 2.05) is 20.8 Å². The maximum atomic E-state index is 12.4. The molecule has 0 aliphatic carbocycles. The number of nitrogens with zero attached hydrogens (tertiary/aromatic N) is 2. The zero-order valence-corrected chi connectivity index (χ0v) is 12.9. The lowest BCUT2D eigenvalue weighted by Crippen LogP contribution is -2.32. The van der Waals surface area contributed by atoms with Crippen LogP contribution in [0.4, 0.5) is 0 Å². The Bertz CT molecular complexity index is 561. The highest BCUT2D eigenvalue weighted by atomic mass is 32.2. The minimum Gasteiger partial charge on any atom is -0.331 e. The van der Waals surface area contributed by atoms with Crippen molar-refractivity contribution in [2.45, 2.75) is 64.6 Å². The Hall–Kier alpha value is -0.880. The predicted molar refractivity (Wildman–Crippen MR) is 74.5 cm³/mol. The van der Waals surface area contributed by atoms with Crippen LogP contribution in [0.25, 0.3) is 0 Å². The van der Waals surface area contributed by atoms with Crippen molar-refractivity contribution in [2.24, 2.45) is 5.92 Å². The molecule has 1 atom stereocenters. The molecule has 2 rings (SSSR count). The van der Waals surface area contributed by atoms with Gasteiger partial charge in [-0.2, -0.15) is 0 Å². The second-order valence-corrected chi connectivity index (χ2v) is 7.29. The van der Waals surface area contributed by atoms with Crippen molar-refractivity contribution in [2.75, 3.05) is 0 Å². The Labute approximate surface area is 115 Å². The van der Waals surface area contributed by atoms with Crippen LogP contribution in [-0.4, -0.2) is 24.0 Å². The van der Waals surface area contributed by atoms with E-state index in [0.29, 0.717) is 5.92 Å². The molecule has 1 N–H and O–H groups in total. The number of aromatic nitrogens is 2. The van der Waals surface area contributed by atoms with Gasteiger partial charge in [0.1, 0.15) is 5.82 Å². The molecule has 1 unspecified atom stereocenters. The number of sulfonamides is 1. The average molecular weight is 285 g/mol. The van der Waals surface area contributed by atoms with Crippen LogP contribution in [0, 0.1) is 5.92 Å². The van der Waals surface area contributed by atoms with E-state index in [1.54, 1.807) is 0 Å². The SMILES string of the molecule is CCc1nc(S(=O)(=O)NC(C)C)c2n1CCC(C)C2. The molecule has 0 spiro atoms. The third kappa shape index (κ3) is 2.84. The van der Waals surface area contributed by atoms with Crippen molar-refractivity contribution in [3.63, 3.8) is 0 Å². The highest BCUT2D eigenvalue weighted by Gasteiger charge is 2.30. The van der Waals surface area contributed by atoms with Gasteiger partial charge in [-0.15, -0.1) is 0 Å². The maximum absolute atomic E-state index is 12.4. The second-order valence-electron chi connectivity index (χ2n) is 5.66. The van der Waals surface area contributed by atoms with Gasteiger partial charge < -0.3 is 4.57 Å². The van der Waals surface area contributed by atoms with Crippen molar-refractivity contribution in [1.82, 2.24) is 14.3 Å². The highest BCUT2D eigenvalue weighted by Crippen LogP contribution is 2.27. The number of aryl methyl sites for hydroxylation is 1. The Morgan fingerprint density at radius 2 is 2.16 bits per heavy atom. The summed E-state index contributed by atoms with van der Waals surface area (Å²) in [6.45, 7) is 8.70. The van der Waals surface area contributed by atoms with Crippen molar-refractivity contribution in [3.8, 4) is 0 Å². The molecular formula is C13H23N3O2S. The van der Waals surface area contributed by atoms with Gasteiger partial charge >= 0.3 is 0 Å². The molecule has 0 aromatic carbocycles. The van der Waals surface area contributed by atoms with Crippen LogP contribution in [0.3, 0.4) is 0 Å². The van der Waals surface area contributed by atoms with Crippen molar-refractivity contribution in [1.29, 1.82) is 0 Å². The van der Waals surface area contributed by atoms with E-state index in [1.165, 1.54) is 0 Å². The van der Waals surface area contributed by atoms with E-state index in [-0.39, 0.29) is 11.1 Å². The van der Waals surface area contributed by atoms with E-state index in [4.69, 9.17) is 0 Å². The fraction of sp³-hybridized carbons (Fsp3) is 0.769. The van der Waals surface area contributed by atoms with Gasteiger partial charge in [0, 0.05) is 19.0 Å². The van der Waals surface area contributed by atoms with E-state index in [0.717, 1.165) is 37.3 Å². The first-order chi connectivity index (χ1) is 8.85. The van der Waals surface area contributed by atoms with Crippen LogP contribution in [0.2, 0.25) is 0 Å². The molecular weight excluding hydrogens is 262 g/mol. The Morgan fingerprint density at radius 1 is 1.47 bits per heavy atom. The molecule has 0 fully saturated rings. The molecule has 0 saturated heterocycles. The van der Waals surface area contributed by atoms with Crippen LogP contribution in [-0.2, 0) is 29.4 Å². The number of hydrogen-bond acceptors (Lipinski definition) is 3. The molecule has 2 heterocycles. The molecule has 19 heavy (non-hydrogen) atoms. The molecule has 1 aliphatic heterocycles. The number of fused-ring (bicyclic) bond motifs is 1. The first-order valence-electron chi connectivity index (χ1n) is 6.95. The van der Waals surface area contributed by atoms with Gasteiger partial charge in [-0.25, -0.2) is 18.1 Å². The molecule has 1 aromatic heterocycles. The number of rotatable bonds is 4. The van der Waals surface area contributed by atoms with Crippen LogP contribution >= 0.6 is 0 Å². The third-order valence-electron chi connectivity index (χ3n) is 3.46. The molecule has 0 amide bonds.